The van der Waals surface area contributed by atoms with Gasteiger partial charge in [-0.2, -0.15) is 0 Å². The summed E-state index contributed by atoms with van der Waals surface area (Å²) in [7, 11) is 0. The molecule has 1 aliphatic rings. The van der Waals surface area contributed by atoms with Gasteiger partial charge in [-0.3, -0.25) is 0 Å². The maximum absolute atomic E-state index is 12.8. The highest BCUT2D eigenvalue weighted by atomic mass is 19.3. The smallest absolute Gasteiger partial charge is 0.248 e. The molecule has 0 saturated heterocycles. The summed E-state index contributed by atoms with van der Waals surface area (Å²) in [5.41, 5.74) is 3.81. The largest absolute Gasteiger partial charge is 0.388 e. The highest BCUT2D eigenvalue weighted by Crippen LogP contribution is 2.42. The van der Waals surface area contributed by atoms with Gasteiger partial charge in [0.2, 0.25) is 5.92 Å². The highest BCUT2D eigenvalue weighted by molar-refractivity contribution is 5.01. The van der Waals surface area contributed by atoms with Crippen molar-refractivity contribution in [3.05, 3.63) is 0 Å². The number of halogens is 2. The Labute approximate surface area is 77.1 Å². The lowest BCUT2D eigenvalue weighted by Crippen LogP contribution is -2.58. The number of alkyl halides is 2. The maximum atomic E-state index is 12.8. The molecule has 13 heavy (non-hydrogen) atoms. The van der Waals surface area contributed by atoms with Crippen LogP contribution in [0.15, 0.2) is 0 Å². The van der Waals surface area contributed by atoms with Crippen LogP contribution < -0.4 is 5.73 Å². The van der Waals surface area contributed by atoms with Crippen molar-refractivity contribution in [2.45, 2.75) is 56.6 Å². The predicted octanol–water partition coefficient (Wildman–Crippen LogP) is 1.66. The Kier molecular flexibility index (Phi) is 2.41. The second-order valence-electron chi connectivity index (χ2n) is 4.61. The van der Waals surface area contributed by atoms with Crippen LogP contribution in [0.25, 0.3) is 0 Å². The van der Waals surface area contributed by atoms with Crippen LogP contribution in [-0.2, 0) is 0 Å². The molecule has 1 fully saturated rings. The predicted molar refractivity (Wildman–Crippen MR) is 46.6 cm³/mol. The van der Waals surface area contributed by atoms with Gasteiger partial charge in [-0.1, -0.05) is 0 Å². The zero-order valence-corrected chi connectivity index (χ0v) is 8.11. The van der Waals surface area contributed by atoms with Crippen molar-refractivity contribution < 1.29 is 13.9 Å². The summed E-state index contributed by atoms with van der Waals surface area (Å²) in [6.07, 6.45) is -0.346. The minimum atomic E-state index is -2.61. The van der Waals surface area contributed by atoms with Gasteiger partial charge in [-0.05, 0) is 26.7 Å². The SMILES string of the molecule is CC(C)(N)C1(O)CCC(F)(F)CC1. The van der Waals surface area contributed by atoms with Gasteiger partial charge in [0.05, 0.1) is 5.60 Å². The quantitative estimate of drug-likeness (QED) is 0.665. The minimum Gasteiger partial charge on any atom is -0.388 e. The maximum Gasteiger partial charge on any atom is 0.248 e. The second-order valence-corrected chi connectivity index (χ2v) is 4.61. The fourth-order valence-corrected chi connectivity index (χ4v) is 1.67. The summed E-state index contributed by atoms with van der Waals surface area (Å²) in [4.78, 5) is 0. The Bertz CT molecular complexity index is 188. The van der Waals surface area contributed by atoms with Crippen LogP contribution in [0.3, 0.4) is 0 Å². The molecule has 4 heteroatoms. The third-order valence-electron chi connectivity index (χ3n) is 3.01. The number of rotatable bonds is 1. The molecule has 0 amide bonds. The minimum absolute atomic E-state index is 0.0868. The summed E-state index contributed by atoms with van der Waals surface area (Å²) in [5, 5.41) is 9.98. The lowest BCUT2D eigenvalue weighted by Gasteiger charge is -2.44. The molecular weight excluding hydrogens is 176 g/mol. The van der Waals surface area contributed by atoms with E-state index in [1.807, 2.05) is 0 Å². The standard InChI is InChI=1S/C9H17F2NO/c1-7(2,12)8(13)3-5-9(10,11)6-4-8/h13H,3-6,12H2,1-2H3. The van der Waals surface area contributed by atoms with Gasteiger partial charge in [0.1, 0.15) is 0 Å². The van der Waals surface area contributed by atoms with E-state index in [-0.39, 0.29) is 25.7 Å². The highest BCUT2D eigenvalue weighted by Gasteiger charge is 2.48. The topological polar surface area (TPSA) is 46.2 Å². The Morgan fingerprint density at radius 2 is 1.54 bits per heavy atom. The van der Waals surface area contributed by atoms with Crippen LogP contribution >= 0.6 is 0 Å². The number of aliphatic hydroxyl groups is 1. The third kappa shape index (κ3) is 2.17. The van der Waals surface area contributed by atoms with E-state index in [9.17, 15) is 13.9 Å². The van der Waals surface area contributed by atoms with E-state index in [1.54, 1.807) is 13.8 Å². The zero-order valence-electron chi connectivity index (χ0n) is 8.11. The summed E-state index contributed by atoms with van der Waals surface area (Å²) in [6, 6.07) is 0. The number of hydrogen-bond acceptors (Lipinski definition) is 2. The van der Waals surface area contributed by atoms with Crippen LogP contribution in [0, 0.1) is 0 Å². The van der Waals surface area contributed by atoms with Crippen LogP contribution in [0.1, 0.15) is 39.5 Å². The van der Waals surface area contributed by atoms with Gasteiger partial charge in [0, 0.05) is 18.4 Å². The monoisotopic (exact) mass is 193 g/mol. The van der Waals surface area contributed by atoms with E-state index in [0.717, 1.165) is 0 Å². The van der Waals surface area contributed by atoms with Crippen molar-refractivity contribution in [3.8, 4) is 0 Å². The fourth-order valence-electron chi connectivity index (χ4n) is 1.67. The van der Waals surface area contributed by atoms with Crippen molar-refractivity contribution in [2.75, 3.05) is 0 Å². The molecule has 0 radical (unpaired) electrons. The van der Waals surface area contributed by atoms with E-state index in [1.165, 1.54) is 0 Å². The number of hydrogen-bond donors (Lipinski definition) is 2. The van der Waals surface area contributed by atoms with E-state index < -0.39 is 17.1 Å². The van der Waals surface area contributed by atoms with Gasteiger partial charge in [-0.15, -0.1) is 0 Å². The van der Waals surface area contributed by atoms with Crippen LogP contribution in [0.2, 0.25) is 0 Å². The molecule has 0 unspecified atom stereocenters. The molecule has 1 aliphatic carbocycles. The van der Waals surface area contributed by atoms with Crippen molar-refractivity contribution in [1.82, 2.24) is 0 Å². The first-order valence-electron chi connectivity index (χ1n) is 4.55. The summed E-state index contributed by atoms with van der Waals surface area (Å²) < 4.78 is 25.6. The molecule has 0 heterocycles. The average molecular weight is 193 g/mol. The zero-order chi connectivity index (χ0) is 10.3. The summed E-state index contributed by atoms with van der Waals surface area (Å²) in [6.45, 7) is 3.35. The van der Waals surface area contributed by atoms with Crippen LogP contribution in [-0.4, -0.2) is 22.2 Å². The molecule has 3 N–H and O–H groups in total. The van der Waals surface area contributed by atoms with Crippen molar-refractivity contribution in [3.63, 3.8) is 0 Å². The summed E-state index contributed by atoms with van der Waals surface area (Å²) in [5.74, 6) is -2.61. The Morgan fingerprint density at radius 1 is 1.15 bits per heavy atom. The van der Waals surface area contributed by atoms with Crippen molar-refractivity contribution in [2.24, 2.45) is 5.73 Å². The van der Waals surface area contributed by atoms with E-state index in [0.29, 0.717) is 0 Å². The molecule has 78 valence electrons. The van der Waals surface area contributed by atoms with Crippen LogP contribution in [0.5, 0.6) is 0 Å². The van der Waals surface area contributed by atoms with Gasteiger partial charge < -0.3 is 10.8 Å². The van der Waals surface area contributed by atoms with Gasteiger partial charge in [0.25, 0.3) is 0 Å². The second kappa shape index (κ2) is 2.89. The molecule has 0 aromatic rings. The van der Waals surface area contributed by atoms with Gasteiger partial charge >= 0.3 is 0 Å². The molecule has 0 spiro atoms. The first kappa shape index (κ1) is 10.9. The third-order valence-corrected chi connectivity index (χ3v) is 3.01. The normalized spacial score (nSPS) is 27.2. The Balaban J connectivity index is 2.68. The molecule has 0 aromatic carbocycles. The molecule has 1 saturated carbocycles. The fraction of sp³-hybridized carbons (Fsp3) is 1.00. The molecule has 0 bridgehead atoms. The first-order chi connectivity index (χ1) is 5.66. The van der Waals surface area contributed by atoms with Gasteiger partial charge in [0.15, 0.2) is 0 Å². The van der Waals surface area contributed by atoms with Crippen LogP contribution in [0.4, 0.5) is 8.78 Å². The summed E-state index contributed by atoms with van der Waals surface area (Å²) >= 11 is 0. The lowest BCUT2D eigenvalue weighted by atomic mass is 9.72. The van der Waals surface area contributed by atoms with Crippen molar-refractivity contribution >= 4 is 0 Å². The molecule has 0 atom stereocenters. The molecule has 0 aliphatic heterocycles. The van der Waals surface area contributed by atoms with E-state index >= 15 is 0 Å². The molecular formula is C9H17F2NO. The van der Waals surface area contributed by atoms with Gasteiger partial charge in [-0.25, -0.2) is 8.78 Å². The Hall–Kier alpha value is -0.220. The Morgan fingerprint density at radius 3 is 1.85 bits per heavy atom. The van der Waals surface area contributed by atoms with E-state index in [2.05, 4.69) is 0 Å². The molecule has 2 nitrogen and oxygen atoms in total. The lowest BCUT2D eigenvalue weighted by molar-refractivity contribution is -0.127. The molecule has 1 rings (SSSR count). The van der Waals surface area contributed by atoms with Crippen molar-refractivity contribution in [1.29, 1.82) is 0 Å². The first-order valence-corrected chi connectivity index (χ1v) is 4.55. The van der Waals surface area contributed by atoms with E-state index in [4.69, 9.17) is 5.73 Å². The number of nitrogens with two attached hydrogens (primary N) is 1. The molecule has 0 aromatic heterocycles. The average Bonchev–Trinajstić information content (AvgIpc) is 1.94.